The Morgan fingerprint density at radius 1 is 1.55 bits per heavy atom. The van der Waals surface area contributed by atoms with Crippen LogP contribution in [0.3, 0.4) is 0 Å². The molecule has 0 aliphatic rings. The maximum Gasteiger partial charge on any atom is 0.354 e. The third-order valence-electron chi connectivity index (χ3n) is 1.24. The number of carbonyl (C=O) groups is 1. The van der Waals surface area contributed by atoms with Crippen LogP contribution < -0.4 is 0 Å². The Kier molecular flexibility index (Phi) is 2.60. The molecule has 66 valence electrons. The quantitative estimate of drug-likeness (QED) is 0.488. The summed E-state index contributed by atoms with van der Waals surface area (Å²) in [6, 6.07) is 0. The van der Waals surface area contributed by atoms with Gasteiger partial charge in [-0.15, -0.1) is 0 Å². The van der Waals surface area contributed by atoms with Crippen LogP contribution in [-0.2, 0) is 14.9 Å². The monoisotopic (exact) mass is 184 g/mol. The first kappa shape index (κ1) is 10.3. The largest absolute Gasteiger partial charge is 0.478 e. The van der Waals surface area contributed by atoms with Gasteiger partial charge in [-0.3, -0.25) is 4.55 Å². The summed E-state index contributed by atoms with van der Waals surface area (Å²) in [4.78, 5) is 7.03. The maximum absolute atomic E-state index is 10.3. The van der Waals surface area contributed by atoms with Crippen molar-refractivity contribution in [2.24, 2.45) is 0 Å². The molecule has 0 rings (SSSR count). The molecule has 1 unspecified atom stereocenters. The Bertz CT molecular complexity index is 254. The highest BCUT2D eigenvalue weighted by Gasteiger charge is 2.47. The van der Waals surface area contributed by atoms with Crippen molar-refractivity contribution in [1.29, 1.82) is 0 Å². The van der Waals surface area contributed by atoms with Gasteiger partial charge >= 0.3 is 16.1 Å². The maximum atomic E-state index is 10.3. The molecule has 0 aromatic rings. The van der Waals surface area contributed by atoms with Gasteiger partial charge in [0.2, 0.25) is 0 Å². The first-order valence-electron chi connectivity index (χ1n) is 2.68. The Labute approximate surface area is 63.2 Å². The summed E-state index contributed by atoms with van der Waals surface area (Å²) in [5.41, 5.74) is 0. The number of aliphatic carboxylic acids is 1. The van der Waals surface area contributed by atoms with E-state index in [0.29, 0.717) is 0 Å². The molecule has 0 radical (unpaired) electrons. The van der Waals surface area contributed by atoms with E-state index in [2.05, 4.69) is 0 Å². The fourth-order valence-electron chi connectivity index (χ4n) is 0.444. The molecular weight excluding hydrogens is 176 g/mol. The van der Waals surface area contributed by atoms with Gasteiger partial charge in [-0.25, -0.2) is 4.79 Å². The van der Waals surface area contributed by atoms with E-state index in [4.69, 9.17) is 14.8 Å². The molecule has 3 N–H and O–H groups in total. The Balaban J connectivity index is 5.09. The van der Waals surface area contributed by atoms with Crippen molar-refractivity contribution < 1.29 is 28.0 Å². The number of rotatable bonds is 3. The van der Waals surface area contributed by atoms with Crippen LogP contribution in [0.4, 0.5) is 0 Å². The number of carboxylic acids is 1. The lowest BCUT2D eigenvalue weighted by molar-refractivity contribution is -0.150. The van der Waals surface area contributed by atoms with E-state index in [9.17, 15) is 13.2 Å². The molecule has 0 bridgehead atoms. The van der Waals surface area contributed by atoms with Crippen molar-refractivity contribution in [1.82, 2.24) is 0 Å². The predicted octanol–water partition coefficient (Wildman–Crippen LogP) is -0.943. The van der Waals surface area contributed by atoms with E-state index < -0.39 is 27.4 Å². The number of carboxylic acid groups (broad SMARTS) is 1. The molecule has 7 heteroatoms. The second-order valence-corrected chi connectivity index (χ2v) is 3.54. The van der Waals surface area contributed by atoms with Crippen molar-refractivity contribution in [3.63, 3.8) is 0 Å². The Morgan fingerprint density at radius 2 is 1.91 bits per heavy atom. The fraction of sp³-hybridized carbons (Fsp3) is 0.750. The lowest BCUT2D eigenvalue weighted by atomic mass is 10.3. The van der Waals surface area contributed by atoms with E-state index in [1.807, 2.05) is 0 Å². The van der Waals surface area contributed by atoms with Crippen molar-refractivity contribution in [2.45, 2.75) is 18.3 Å². The normalized spacial score (nSPS) is 17.4. The lowest BCUT2D eigenvalue weighted by Crippen LogP contribution is -2.45. The molecule has 0 saturated carbocycles. The molecule has 0 aliphatic heterocycles. The molecule has 0 aromatic heterocycles. The standard InChI is InChI=1S/C4H8O6S/c1-2-4(7,3(5)6)11(8,9)10/h7H,2H2,1H3,(H,5,6)(H,8,9,10). The minimum absolute atomic E-state index is 0.610. The minimum atomic E-state index is -4.96. The molecule has 0 heterocycles. The van der Waals surface area contributed by atoms with Crippen molar-refractivity contribution in [2.75, 3.05) is 0 Å². The summed E-state index contributed by atoms with van der Waals surface area (Å²) in [5, 5.41) is 17.0. The van der Waals surface area contributed by atoms with E-state index >= 15 is 0 Å². The van der Waals surface area contributed by atoms with Crippen LogP contribution >= 0.6 is 0 Å². The predicted molar refractivity (Wildman–Crippen MR) is 34.4 cm³/mol. The van der Waals surface area contributed by atoms with Crippen LogP contribution in [0.2, 0.25) is 0 Å². The zero-order valence-corrected chi connectivity index (χ0v) is 6.50. The van der Waals surface area contributed by atoms with Crippen molar-refractivity contribution in [3.8, 4) is 0 Å². The van der Waals surface area contributed by atoms with Crippen LogP contribution in [0.1, 0.15) is 13.3 Å². The second-order valence-electron chi connectivity index (χ2n) is 1.92. The lowest BCUT2D eigenvalue weighted by Gasteiger charge is -2.16. The second kappa shape index (κ2) is 2.76. The van der Waals surface area contributed by atoms with E-state index in [1.165, 1.54) is 0 Å². The van der Waals surface area contributed by atoms with Gasteiger partial charge in [-0.1, -0.05) is 6.92 Å². The third-order valence-corrected chi connectivity index (χ3v) is 2.56. The number of hydrogen-bond acceptors (Lipinski definition) is 4. The molecule has 1 atom stereocenters. The zero-order valence-electron chi connectivity index (χ0n) is 5.68. The zero-order chi connectivity index (χ0) is 9.28. The highest BCUT2D eigenvalue weighted by molar-refractivity contribution is 7.87. The van der Waals surface area contributed by atoms with E-state index in [-0.39, 0.29) is 0 Å². The van der Waals surface area contributed by atoms with Gasteiger partial charge in [0.05, 0.1) is 0 Å². The molecule has 0 amide bonds. The molecule has 0 spiro atoms. The highest BCUT2D eigenvalue weighted by Crippen LogP contribution is 2.16. The van der Waals surface area contributed by atoms with Crippen LogP contribution in [0.25, 0.3) is 0 Å². The first-order chi connectivity index (χ1) is 4.75. The van der Waals surface area contributed by atoms with Gasteiger partial charge in [0, 0.05) is 6.42 Å². The van der Waals surface area contributed by atoms with Gasteiger partial charge in [0.1, 0.15) is 0 Å². The van der Waals surface area contributed by atoms with Gasteiger partial charge in [-0.2, -0.15) is 8.42 Å². The summed E-state index contributed by atoms with van der Waals surface area (Å²) < 4.78 is 28.7. The van der Waals surface area contributed by atoms with Crippen LogP contribution in [0.5, 0.6) is 0 Å². The molecule has 0 aromatic carbocycles. The number of hydrogen-bond donors (Lipinski definition) is 3. The summed E-state index contributed by atoms with van der Waals surface area (Å²) in [6.07, 6.45) is -0.610. The van der Waals surface area contributed by atoms with Crippen molar-refractivity contribution >= 4 is 16.1 Å². The molecule has 11 heavy (non-hydrogen) atoms. The van der Waals surface area contributed by atoms with Crippen molar-refractivity contribution in [3.05, 3.63) is 0 Å². The summed E-state index contributed by atoms with van der Waals surface area (Å²) >= 11 is 0. The topological polar surface area (TPSA) is 112 Å². The minimum Gasteiger partial charge on any atom is -0.478 e. The van der Waals surface area contributed by atoms with E-state index in [1.54, 1.807) is 0 Å². The van der Waals surface area contributed by atoms with Gasteiger partial charge in [-0.05, 0) is 0 Å². The molecular formula is C4H8O6S. The Hall–Kier alpha value is -0.660. The molecule has 6 nitrogen and oxygen atoms in total. The molecule has 0 aliphatic carbocycles. The third kappa shape index (κ3) is 1.67. The summed E-state index contributed by atoms with van der Waals surface area (Å²) in [7, 11) is -4.96. The fourth-order valence-corrected chi connectivity index (χ4v) is 1.03. The average molecular weight is 184 g/mol. The van der Waals surface area contributed by atoms with Gasteiger partial charge in [0.15, 0.2) is 0 Å². The van der Waals surface area contributed by atoms with E-state index in [0.717, 1.165) is 6.92 Å². The van der Waals surface area contributed by atoms with Crippen LogP contribution in [-0.4, -0.2) is 34.1 Å². The summed E-state index contributed by atoms with van der Waals surface area (Å²) in [6.45, 7) is 1.13. The highest BCUT2D eigenvalue weighted by atomic mass is 32.2. The first-order valence-corrected chi connectivity index (χ1v) is 4.12. The van der Waals surface area contributed by atoms with Crippen LogP contribution in [0.15, 0.2) is 0 Å². The summed E-state index contributed by atoms with van der Waals surface area (Å²) in [5.74, 6) is -1.98. The Morgan fingerprint density at radius 3 is 1.91 bits per heavy atom. The SMILES string of the molecule is CCC(O)(C(=O)O)S(=O)(=O)O. The van der Waals surface area contributed by atoms with Gasteiger partial charge < -0.3 is 10.2 Å². The molecule has 0 saturated heterocycles. The van der Waals surface area contributed by atoms with Crippen LogP contribution in [0, 0.1) is 0 Å². The van der Waals surface area contributed by atoms with Gasteiger partial charge in [0.25, 0.3) is 4.93 Å². The average Bonchev–Trinajstić information content (AvgIpc) is 1.83. The number of aliphatic hydroxyl groups is 1. The smallest absolute Gasteiger partial charge is 0.354 e. The molecule has 0 fully saturated rings.